The Bertz CT molecular complexity index is 450. The molecule has 0 aliphatic carbocycles. The highest BCUT2D eigenvalue weighted by atomic mass is 32.1. The second-order valence-corrected chi connectivity index (χ2v) is 4.84. The molecule has 0 saturated carbocycles. The zero-order valence-electron chi connectivity index (χ0n) is 9.57. The van der Waals surface area contributed by atoms with Crippen LogP contribution in [-0.4, -0.2) is 13.1 Å². The smallest absolute Gasteiger partial charge is 0.0459 e. The van der Waals surface area contributed by atoms with Crippen LogP contribution in [0.15, 0.2) is 29.6 Å². The lowest BCUT2D eigenvalue weighted by Gasteiger charge is -2.15. The van der Waals surface area contributed by atoms with Crippen LogP contribution in [0.2, 0.25) is 0 Å². The van der Waals surface area contributed by atoms with Crippen molar-refractivity contribution in [2.45, 2.75) is 19.4 Å². The molecule has 1 atom stereocenters. The summed E-state index contributed by atoms with van der Waals surface area (Å²) in [6.07, 6.45) is 1.14. The fourth-order valence-electron chi connectivity index (χ4n) is 1.91. The Morgan fingerprint density at radius 1 is 1.38 bits per heavy atom. The summed E-state index contributed by atoms with van der Waals surface area (Å²) >= 11 is 1.80. The van der Waals surface area contributed by atoms with Gasteiger partial charge >= 0.3 is 0 Å². The van der Waals surface area contributed by atoms with Gasteiger partial charge in [0.05, 0.1) is 0 Å². The molecule has 3 heteroatoms. The largest absolute Gasteiger partial charge is 0.329 e. The second kappa shape index (κ2) is 5.43. The molecular weight excluding hydrogens is 216 g/mol. The van der Waals surface area contributed by atoms with Crippen LogP contribution in [0, 0.1) is 0 Å². The minimum Gasteiger partial charge on any atom is -0.329 e. The molecule has 2 nitrogen and oxygen atoms in total. The van der Waals surface area contributed by atoms with Crippen LogP contribution < -0.4 is 11.1 Å². The third-order valence-electron chi connectivity index (χ3n) is 2.76. The monoisotopic (exact) mass is 234 g/mol. The van der Waals surface area contributed by atoms with Crippen LogP contribution in [0.1, 0.15) is 24.9 Å². The van der Waals surface area contributed by atoms with Gasteiger partial charge in [0.15, 0.2) is 0 Å². The van der Waals surface area contributed by atoms with E-state index in [1.165, 1.54) is 15.6 Å². The highest BCUT2D eigenvalue weighted by Crippen LogP contribution is 2.29. The van der Waals surface area contributed by atoms with Crippen molar-refractivity contribution in [3.63, 3.8) is 0 Å². The molecular formula is C13H18N2S. The lowest BCUT2D eigenvalue weighted by Crippen LogP contribution is -2.28. The van der Waals surface area contributed by atoms with Crippen LogP contribution in [0.4, 0.5) is 0 Å². The molecule has 0 saturated heterocycles. The molecule has 1 aromatic heterocycles. The Labute approximate surface area is 100 Å². The van der Waals surface area contributed by atoms with E-state index in [9.17, 15) is 0 Å². The zero-order valence-corrected chi connectivity index (χ0v) is 10.4. The number of fused-ring (bicyclic) bond motifs is 1. The molecule has 16 heavy (non-hydrogen) atoms. The second-order valence-electron chi connectivity index (χ2n) is 3.93. The van der Waals surface area contributed by atoms with Crippen LogP contribution in [-0.2, 0) is 0 Å². The fraction of sp³-hybridized carbons (Fsp3) is 0.385. The van der Waals surface area contributed by atoms with Gasteiger partial charge < -0.3 is 11.1 Å². The Kier molecular flexibility index (Phi) is 3.93. The van der Waals surface area contributed by atoms with Gasteiger partial charge in [-0.25, -0.2) is 0 Å². The van der Waals surface area contributed by atoms with E-state index in [-0.39, 0.29) is 6.04 Å². The normalized spacial score (nSPS) is 13.1. The van der Waals surface area contributed by atoms with Gasteiger partial charge in [-0.05, 0) is 35.4 Å². The highest BCUT2D eigenvalue weighted by Gasteiger charge is 2.12. The van der Waals surface area contributed by atoms with Crippen molar-refractivity contribution in [3.8, 4) is 0 Å². The first kappa shape index (κ1) is 11.6. The minimum absolute atomic E-state index is 0.288. The fourth-order valence-corrected chi connectivity index (χ4v) is 2.92. The van der Waals surface area contributed by atoms with Gasteiger partial charge in [0.2, 0.25) is 0 Å². The standard InChI is InChI=1S/C13H18N2S/c1-2-7-15-12(8-14)11-9-16-13-6-4-3-5-10(11)13/h3-6,9,12,15H,2,7-8,14H2,1H3. The molecule has 3 N–H and O–H groups in total. The predicted molar refractivity (Wildman–Crippen MR) is 71.9 cm³/mol. The average molecular weight is 234 g/mol. The number of rotatable bonds is 5. The van der Waals surface area contributed by atoms with E-state index in [1.54, 1.807) is 11.3 Å². The van der Waals surface area contributed by atoms with Crippen molar-refractivity contribution in [2.24, 2.45) is 5.73 Å². The van der Waals surface area contributed by atoms with E-state index >= 15 is 0 Å². The van der Waals surface area contributed by atoms with Crippen molar-refractivity contribution < 1.29 is 0 Å². The van der Waals surface area contributed by atoms with E-state index in [2.05, 4.69) is 41.9 Å². The van der Waals surface area contributed by atoms with Gasteiger partial charge in [-0.3, -0.25) is 0 Å². The Balaban J connectivity index is 2.30. The van der Waals surface area contributed by atoms with E-state index in [0.29, 0.717) is 6.54 Å². The van der Waals surface area contributed by atoms with Crippen molar-refractivity contribution in [1.29, 1.82) is 0 Å². The SMILES string of the molecule is CCCNC(CN)c1csc2ccccc12. The Morgan fingerprint density at radius 3 is 2.94 bits per heavy atom. The third kappa shape index (κ3) is 2.26. The molecule has 2 aromatic rings. The maximum Gasteiger partial charge on any atom is 0.0459 e. The molecule has 0 radical (unpaired) electrons. The Hall–Kier alpha value is -0.900. The summed E-state index contributed by atoms with van der Waals surface area (Å²) in [5.41, 5.74) is 7.18. The lowest BCUT2D eigenvalue weighted by atomic mass is 10.1. The molecule has 0 aliphatic heterocycles. The van der Waals surface area contributed by atoms with Gasteiger partial charge in [0, 0.05) is 17.3 Å². The number of hydrogen-bond acceptors (Lipinski definition) is 3. The number of nitrogens with two attached hydrogens (primary N) is 1. The average Bonchev–Trinajstić information content (AvgIpc) is 2.75. The molecule has 0 bridgehead atoms. The quantitative estimate of drug-likeness (QED) is 0.835. The molecule has 0 aliphatic rings. The molecule has 86 valence electrons. The van der Waals surface area contributed by atoms with Crippen molar-refractivity contribution >= 4 is 21.4 Å². The summed E-state index contributed by atoms with van der Waals surface area (Å²) in [7, 11) is 0. The topological polar surface area (TPSA) is 38.0 Å². The number of nitrogens with one attached hydrogen (secondary N) is 1. The van der Waals surface area contributed by atoms with Crippen LogP contribution in [0.3, 0.4) is 0 Å². The Morgan fingerprint density at radius 2 is 2.19 bits per heavy atom. The van der Waals surface area contributed by atoms with Gasteiger partial charge in [0.1, 0.15) is 0 Å². The van der Waals surface area contributed by atoms with E-state index in [4.69, 9.17) is 5.73 Å². The summed E-state index contributed by atoms with van der Waals surface area (Å²) < 4.78 is 1.34. The maximum absolute atomic E-state index is 5.84. The molecule has 1 aromatic carbocycles. The summed E-state index contributed by atoms with van der Waals surface area (Å²) in [5.74, 6) is 0. The van der Waals surface area contributed by atoms with Gasteiger partial charge in [-0.1, -0.05) is 25.1 Å². The van der Waals surface area contributed by atoms with Gasteiger partial charge in [-0.15, -0.1) is 11.3 Å². The van der Waals surface area contributed by atoms with Crippen molar-refractivity contribution in [2.75, 3.05) is 13.1 Å². The van der Waals surface area contributed by atoms with Crippen LogP contribution in [0.25, 0.3) is 10.1 Å². The minimum atomic E-state index is 0.288. The number of hydrogen-bond donors (Lipinski definition) is 2. The highest BCUT2D eigenvalue weighted by molar-refractivity contribution is 7.17. The van der Waals surface area contributed by atoms with E-state index < -0.39 is 0 Å². The summed E-state index contributed by atoms with van der Waals surface area (Å²) in [6.45, 7) is 3.85. The molecule has 0 fully saturated rings. The number of thiophene rings is 1. The van der Waals surface area contributed by atoms with Gasteiger partial charge in [-0.2, -0.15) is 0 Å². The lowest BCUT2D eigenvalue weighted by molar-refractivity contribution is 0.544. The summed E-state index contributed by atoms with van der Waals surface area (Å²) in [4.78, 5) is 0. The molecule has 0 amide bonds. The first-order valence-corrected chi connectivity index (χ1v) is 6.64. The zero-order chi connectivity index (χ0) is 11.4. The number of benzene rings is 1. The van der Waals surface area contributed by atoms with Crippen LogP contribution >= 0.6 is 11.3 Å². The van der Waals surface area contributed by atoms with Crippen LogP contribution in [0.5, 0.6) is 0 Å². The molecule has 2 rings (SSSR count). The van der Waals surface area contributed by atoms with E-state index in [0.717, 1.165) is 13.0 Å². The van der Waals surface area contributed by atoms with Crippen molar-refractivity contribution in [3.05, 3.63) is 35.2 Å². The summed E-state index contributed by atoms with van der Waals surface area (Å²) in [6, 6.07) is 8.80. The molecule has 1 heterocycles. The van der Waals surface area contributed by atoms with Crippen molar-refractivity contribution in [1.82, 2.24) is 5.32 Å². The molecule has 1 unspecified atom stereocenters. The van der Waals surface area contributed by atoms with Gasteiger partial charge in [0.25, 0.3) is 0 Å². The van der Waals surface area contributed by atoms with E-state index in [1.807, 2.05) is 0 Å². The first-order chi connectivity index (χ1) is 7.86. The maximum atomic E-state index is 5.84. The first-order valence-electron chi connectivity index (χ1n) is 5.76. The summed E-state index contributed by atoms with van der Waals surface area (Å²) in [5, 5.41) is 7.06. The third-order valence-corrected chi connectivity index (χ3v) is 3.74. The molecule has 0 spiro atoms. The predicted octanol–water partition coefficient (Wildman–Crippen LogP) is 2.90.